The number of hydrogen-bond donors (Lipinski definition) is 1. The number of aliphatic hydroxyl groups excluding tert-OH is 1. The number of ketones is 1. The second-order valence-corrected chi connectivity index (χ2v) is 9.52. The Hall–Kier alpha value is -0.880. The summed E-state index contributed by atoms with van der Waals surface area (Å²) in [6.45, 7) is 4.16. The van der Waals surface area contributed by atoms with E-state index in [2.05, 4.69) is 13.0 Å². The monoisotopic (exact) mass is 329 g/mol. The molecule has 0 radical (unpaired) electrons. The summed E-state index contributed by atoms with van der Waals surface area (Å²) in [5, 5.41) is 20.2. The van der Waals surface area contributed by atoms with E-state index < -0.39 is 0 Å². The Labute approximate surface area is 145 Å². The number of nitrogens with zero attached hydrogens (tertiary/aromatic N) is 1. The zero-order valence-corrected chi connectivity index (χ0v) is 15.1. The summed E-state index contributed by atoms with van der Waals surface area (Å²) in [5.41, 5.74) is -0.0253. The van der Waals surface area contributed by atoms with Crippen molar-refractivity contribution in [3.8, 4) is 6.07 Å². The van der Waals surface area contributed by atoms with Gasteiger partial charge in [-0.25, -0.2) is 0 Å². The van der Waals surface area contributed by atoms with Gasteiger partial charge in [0.05, 0.1) is 17.6 Å². The average molecular weight is 329 g/mol. The topological polar surface area (TPSA) is 61.1 Å². The molecule has 0 amide bonds. The molecule has 1 N–H and O–H groups in total. The van der Waals surface area contributed by atoms with Crippen molar-refractivity contribution in [1.29, 1.82) is 5.26 Å². The molecule has 4 rings (SSSR count). The Balaban J connectivity index is 1.65. The molecular formula is C21H31NO2. The molecule has 8 atom stereocenters. The first-order valence-electron chi connectivity index (χ1n) is 10.0. The van der Waals surface area contributed by atoms with E-state index in [1.165, 1.54) is 12.8 Å². The van der Waals surface area contributed by atoms with Crippen molar-refractivity contribution in [3.05, 3.63) is 0 Å². The number of nitriles is 1. The van der Waals surface area contributed by atoms with Gasteiger partial charge in [0.25, 0.3) is 0 Å². The Morgan fingerprint density at radius 3 is 2.58 bits per heavy atom. The number of Topliss-reactive ketones (excluding diaryl/α,β-unsaturated/α-hetero) is 1. The molecule has 0 aromatic rings. The first-order chi connectivity index (χ1) is 11.4. The molecule has 4 aliphatic rings. The molecule has 3 heteroatoms. The number of carbonyl (C=O) groups is 1. The quantitative estimate of drug-likeness (QED) is 0.788. The Morgan fingerprint density at radius 1 is 1.08 bits per heavy atom. The zero-order chi connectivity index (χ0) is 17.1. The summed E-state index contributed by atoms with van der Waals surface area (Å²) in [6, 6.07) is 2.67. The van der Waals surface area contributed by atoms with Crippen molar-refractivity contribution in [2.24, 2.45) is 40.4 Å². The van der Waals surface area contributed by atoms with Gasteiger partial charge in [-0.05, 0) is 93.8 Å². The van der Waals surface area contributed by atoms with Crippen LogP contribution < -0.4 is 0 Å². The Kier molecular flexibility index (Phi) is 3.84. The van der Waals surface area contributed by atoms with Crippen LogP contribution in [-0.4, -0.2) is 17.0 Å². The second kappa shape index (κ2) is 5.56. The molecule has 4 saturated carbocycles. The molecule has 24 heavy (non-hydrogen) atoms. The van der Waals surface area contributed by atoms with Crippen molar-refractivity contribution in [2.45, 2.75) is 77.7 Å². The molecule has 0 saturated heterocycles. The van der Waals surface area contributed by atoms with Crippen LogP contribution in [0.2, 0.25) is 0 Å². The lowest BCUT2D eigenvalue weighted by molar-refractivity contribution is -0.133. The summed E-state index contributed by atoms with van der Waals surface area (Å²) < 4.78 is 0. The first kappa shape index (κ1) is 16.6. The fourth-order valence-electron chi connectivity index (χ4n) is 7.69. The number of fused-ring (bicyclic) bond motifs is 5. The number of rotatable bonds is 1. The van der Waals surface area contributed by atoms with Crippen molar-refractivity contribution >= 4 is 5.78 Å². The van der Waals surface area contributed by atoms with Gasteiger partial charge in [0.2, 0.25) is 0 Å². The standard InChI is InChI=1S/C21H31NO2/c1-13(23)17-5-6-19-16-4-3-14-11-15(24)7-9-20(14,2)18(16)8-10-21(17,19)12-22/h14-19,24H,3-11H2,1-2H3/t14-,15+,16+,17+,18-,19-,20-,21-/m0/s1. The molecule has 0 aromatic heterocycles. The smallest absolute Gasteiger partial charge is 0.134 e. The third-order valence-corrected chi connectivity index (χ3v) is 8.85. The Morgan fingerprint density at radius 2 is 1.88 bits per heavy atom. The third-order valence-electron chi connectivity index (χ3n) is 8.85. The first-order valence-corrected chi connectivity index (χ1v) is 10.0. The third kappa shape index (κ3) is 2.08. The van der Waals surface area contributed by atoms with E-state index in [4.69, 9.17) is 0 Å². The molecule has 3 nitrogen and oxygen atoms in total. The van der Waals surface area contributed by atoms with Gasteiger partial charge in [0.15, 0.2) is 0 Å². The van der Waals surface area contributed by atoms with Crippen molar-refractivity contribution < 1.29 is 9.90 Å². The SMILES string of the molecule is CC(=O)[C@H]1CC[C@H]2[C@@H]3CC[C@H]4C[C@H](O)CC[C@]4(C)[C@H]3CC[C@]12C#N. The van der Waals surface area contributed by atoms with E-state index in [1.807, 2.05) is 0 Å². The molecule has 0 aromatic carbocycles. The fraction of sp³-hybridized carbons (Fsp3) is 0.905. The number of hydrogen-bond acceptors (Lipinski definition) is 3. The maximum atomic E-state index is 12.2. The van der Waals surface area contributed by atoms with Crippen LogP contribution in [0.5, 0.6) is 0 Å². The summed E-state index contributed by atoms with van der Waals surface area (Å²) in [7, 11) is 0. The number of carbonyl (C=O) groups excluding carboxylic acids is 1. The normalized spacial score (nSPS) is 53.4. The highest BCUT2D eigenvalue weighted by Gasteiger charge is 2.62. The minimum atomic E-state index is -0.371. The summed E-state index contributed by atoms with van der Waals surface area (Å²) in [5.74, 6) is 2.62. The fourth-order valence-corrected chi connectivity index (χ4v) is 7.69. The molecule has 0 heterocycles. The lowest BCUT2D eigenvalue weighted by Crippen LogP contribution is -2.54. The van der Waals surface area contributed by atoms with Gasteiger partial charge in [-0.15, -0.1) is 0 Å². The molecule has 4 fully saturated rings. The minimum Gasteiger partial charge on any atom is -0.393 e. The highest BCUT2D eigenvalue weighted by atomic mass is 16.3. The largest absolute Gasteiger partial charge is 0.393 e. The van der Waals surface area contributed by atoms with Gasteiger partial charge in [0.1, 0.15) is 5.78 Å². The van der Waals surface area contributed by atoms with Gasteiger partial charge >= 0.3 is 0 Å². The predicted octanol–water partition coefficient (Wildman–Crippen LogP) is 4.10. The van der Waals surface area contributed by atoms with E-state index in [0.29, 0.717) is 29.1 Å². The van der Waals surface area contributed by atoms with E-state index >= 15 is 0 Å². The van der Waals surface area contributed by atoms with Crippen molar-refractivity contribution in [1.82, 2.24) is 0 Å². The summed E-state index contributed by atoms with van der Waals surface area (Å²) in [6.07, 6.45) is 9.40. The molecule has 132 valence electrons. The Bertz CT molecular complexity index is 581. The molecule has 0 bridgehead atoms. The summed E-state index contributed by atoms with van der Waals surface area (Å²) >= 11 is 0. The van der Waals surface area contributed by atoms with Crippen LogP contribution in [-0.2, 0) is 4.79 Å². The average Bonchev–Trinajstić information content (AvgIpc) is 2.95. The zero-order valence-electron chi connectivity index (χ0n) is 15.1. The second-order valence-electron chi connectivity index (χ2n) is 9.52. The lowest BCUT2D eigenvalue weighted by Gasteiger charge is -2.60. The van der Waals surface area contributed by atoms with Gasteiger partial charge in [-0.3, -0.25) is 4.79 Å². The van der Waals surface area contributed by atoms with Gasteiger partial charge in [0, 0.05) is 5.92 Å². The highest BCUT2D eigenvalue weighted by Crippen LogP contribution is 2.67. The lowest BCUT2D eigenvalue weighted by atomic mass is 9.44. The van der Waals surface area contributed by atoms with E-state index in [-0.39, 0.29) is 23.2 Å². The van der Waals surface area contributed by atoms with Crippen LogP contribution in [0.1, 0.15) is 71.6 Å². The highest BCUT2D eigenvalue weighted by molar-refractivity contribution is 5.80. The van der Waals surface area contributed by atoms with E-state index in [1.54, 1.807) is 6.92 Å². The van der Waals surface area contributed by atoms with Gasteiger partial charge in [-0.1, -0.05) is 6.92 Å². The molecule has 0 aliphatic heterocycles. The van der Waals surface area contributed by atoms with Crippen LogP contribution in [0.3, 0.4) is 0 Å². The van der Waals surface area contributed by atoms with Crippen LogP contribution in [0.15, 0.2) is 0 Å². The maximum absolute atomic E-state index is 12.2. The van der Waals surface area contributed by atoms with Crippen molar-refractivity contribution in [3.63, 3.8) is 0 Å². The molecular weight excluding hydrogens is 298 g/mol. The van der Waals surface area contributed by atoms with E-state index in [9.17, 15) is 15.2 Å². The van der Waals surface area contributed by atoms with E-state index in [0.717, 1.165) is 44.9 Å². The predicted molar refractivity (Wildman–Crippen MR) is 91.8 cm³/mol. The number of aliphatic hydroxyl groups is 1. The van der Waals surface area contributed by atoms with Crippen molar-refractivity contribution in [2.75, 3.05) is 0 Å². The minimum absolute atomic E-state index is 0.0212. The van der Waals surface area contributed by atoms with Crippen LogP contribution in [0.25, 0.3) is 0 Å². The molecule has 0 spiro atoms. The molecule has 0 unspecified atom stereocenters. The van der Waals surface area contributed by atoms with Crippen LogP contribution in [0, 0.1) is 51.8 Å². The molecule has 4 aliphatic carbocycles. The van der Waals surface area contributed by atoms with Gasteiger partial charge in [-0.2, -0.15) is 5.26 Å². The van der Waals surface area contributed by atoms with Crippen LogP contribution >= 0.6 is 0 Å². The van der Waals surface area contributed by atoms with Gasteiger partial charge < -0.3 is 5.11 Å². The summed E-state index contributed by atoms with van der Waals surface area (Å²) in [4.78, 5) is 12.2. The maximum Gasteiger partial charge on any atom is 0.134 e. The van der Waals surface area contributed by atoms with Crippen LogP contribution in [0.4, 0.5) is 0 Å².